The van der Waals surface area contributed by atoms with E-state index >= 15 is 0 Å². The second-order valence-electron chi connectivity index (χ2n) is 8.52. The zero-order valence-electron chi connectivity index (χ0n) is 18.9. The van der Waals surface area contributed by atoms with Gasteiger partial charge < -0.3 is 15.4 Å². The third-order valence-corrected chi connectivity index (χ3v) is 6.24. The lowest BCUT2D eigenvalue weighted by molar-refractivity contribution is 0.0930. The molecule has 5 heteroatoms. The molecule has 0 spiro atoms. The van der Waals surface area contributed by atoms with E-state index in [4.69, 9.17) is 4.74 Å². The molecular weight excluding hydrogens is 398 g/mol. The van der Waals surface area contributed by atoms with Crippen LogP contribution in [-0.2, 0) is 5.54 Å². The fourth-order valence-corrected chi connectivity index (χ4v) is 4.19. The zero-order chi connectivity index (χ0) is 22.6. The van der Waals surface area contributed by atoms with Crippen molar-refractivity contribution in [3.8, 4) is 5.75 Å². The molecule has 2 aromatic carbocycles. The van der Waals surface area contributed by atoms with Crippen LogP contribution >= 0.6 is 0 Å². The van der Waals surface area contributed by atoms with Gasteiger partial charge in [0, 0.05) is 17.1 Å². The van der Waals surface area contributed by atoms with Crippen molar-refractivity contribution >= 4 is 22.9 Å². The highest BCUT2D eigenvalue weighted by atomic mass is 16.5. The number of carbonyl (C=O) groups excluding carboxylic acids is 1. The summed E-state index contributed by atoms with van der Waals surface area (Å²) in [5.41, 5.74) is 4.25. The summed E-state index contributed by atoms with van der Waals surface area (Å²) in [6.07, 6.45) is 8.21. The molecule has 0 unspecified atom stereocenters. The van der Waals surface area contributed by atoms with E-state index in [0.717, 1.165) is 40.4 Å². The summed E-state index contributed by atoms with van der Waals surface area (Å²) in [5, 5.41) is 7.57. The number of benzene rings is 2. The van der Waals surface area contributed by atoms with Crippen molar-refractivity contribution in [2.45, 2.75) is 38.1 Å². The molecule has 0 bridgehead atoms. The molecule has 2 aliphatic rings. The molecule has 32 heavy (non-hydrogen) atoms. The molecule has 1 aliphatic carbocycles. The first kappa shape index (κ1) is 22.0. The first-order valence-corrected chi connectivity index (χ1v) is 11.3. The number of rotatable bonds is 5. The third-order valence-electron chi connectivity index (χ3n) is 6.24. The average Bonchev–Trinajstić information content (AvgIpc) is 3.33. The largest absolute Gasteiger partial charge is 0.497 e. The first-order valence-electron chi connectivity index (χ1n) is 11.3. The van der Waals surface area contributed by atoms with Crippen molar-refractivity contribution in [2.24, 2.45) is 0 Å². The Labute approximate surface area is 189 Å². The lowest BCUT2D eigenvalue weighted by atomic mass is 9.95. The van der Waals surface area contributed by atoms with Crippen LogP contribution in [-0.4, -0.2) is 31.1 Å². The van der Waals surface area contributed by atoms with Gasteiger partial charge in [0.1, 0.15) is 5.75 Å². The van der Waals surface area contributed by atoms with Crippen LogP contribution in [0.25, 0.3) is 17.0 Å². The molecule has 2 N–H and O–H groups in total. The Morgan fingerprint density at radius 2 is 1.97 bits per heavy atom. The molecule has 5 nitrogen and oxygen atoms in total. The molecule has 2 fully saturated rings. The number of amides is 1. The molecular formula is C27H31N3O2. The van der Waals surface area contributed by atoms with E-state index in [2.05, 4.69) is 34.3 Å². The smallest absolute Gasteiger partial charge is 0.252 e. The van der Waals surface area contributed by atoms with Crippen LogP contribution in [0.5, 0.6) is 5.75 Å². The fraction of sp³-hybridized carbons (Fsp3) is 0.333. The monoisotopic (exact) mass is 429 g/mol. The second kappa shape index (κ2) is 9.53. The molecule has 0 radical (unpaired) electrons. The number of fused-ring (bicyclic) bond motifs is 1. The minimum absolute atomic E-state index is 0.0788. The van der Waals surface area contributed by atoms with Gasteiger partial charge in [0.25, 0.3) is 5.91 Å². The predicted molar refractivity (Wildman–Crippen MR) is 130 cm³/mol. The van der Waals surface area contributed by atoms with E-state index in [-0.39, 0.29) is 11.4 Å². The van der Waals surface area contributed by atoms with E-state index in [1.165, 1.54) is 25.9 Å². The molecule has 1 aromatic heterocycles. The zero-order valence-corrected chi connectivity index (χ0v) is 18.9. The van der Waals surface area contributed by atoms with Crippen LogP contribution in [0.2, 0.25) is 0 Å². The maximum Gasteiger partial charge on any atom is 0.252 e. The van der Waals surface area contributed by atoms with E-state index in [1.54, 1.807) is 19.4 Å². The van der Waals surface area contributed by atoms with Crippen LogP contribution in [0, 0.1) is 6.92 Å². The van der Waals surface area contributed by atoms with Gasteiger partial charge in [-0.05, 0) is 92.7 Å². The Kier molecular flexibility index (Phi) is 6.56. The van der Waals surface area contributed by atoms with E-state index in [1.807, 2.05) is 37.3 Å². The highest BCUT2D eigenvalue weighted by Crippen LogP contribution is 2.48. The van der Waals surface area contributed by atoms with Gasteiger partial charge in [-0.1, -0.05) is 24.8 Å². The van der Waals surface area contributed by atoms with Crippen molar-refractivity contribution in [1.29, 1.82) is 0 Å². The van der Waals surface area contributed by atoms with Gasteiger partial charge in [-0.15, -0.1) is 0 Å². The number of hydrogen-bond acceptors (Lipinski definition) is 4. The minimum Gasteiger partial charge on any atom is -0.497 e. The molecule has 1 amide bonds. The van der Waals surface area contributed by atoms with Gasteiger partial charge >= 0.3 is 0 Å². The molecule has 1 aliphatic heterocycles. The highest BCUT2D eigenvalue weighted by molar-refractivity contribution is 5.97. The quantitative estimate of drug-likeness (QED) is 0.600. The molecule has 1 saturated carbocycles. The van der Waals surface area contributed by atoms with Gasteiger partial charge in [0.05, 0.1) is 18.2 Å². The number of methoxy groups -OCH3 is 1. The number of nitrogens with zero attached hydrogens (tertiary/aromatic N) is 1. The summed E-state index contributed by atoms with van der Waals surface area (Å²) < 4.78 is 5.28. The Bertz CT molecular complexity index is 1120. The van der Waals surface area contributed by atoms with Gasteiger partial charge in [0.2, 0.25) is 0 Å². The molecule has 166 valence electrons. The second-order valence-corrected chi connectivity index (χ2v) is 8.52. The fourth-order valence-electron chi connectivity index (χ4n) is 4.19. The van der Waals surface area contributed by atoms with E-state index in [0.29, 0.717) is 11.3 Å². The van der Waals surface area contributed by atoms with Crippen LogP contribution in [0.1, 0.15) is 52.7 Å². The van der Waals surface area contributed by atoms with Crippen molar-refractivity contribution in [3.05, 3.63) is 77.5 Å². The molecule has 3 aromatic rings. The summed E-state index contributed by atoms with van der Waals surface area (Å²) in [6, 6.07) is 13.7. The van der Waals surface area contributed by atoms with Gasteiger partial charge in [-0.3, -0.25) is 9.78 Å². The topological polar surface area (TPSA) is 63.2 Å². The van der Waals surface area contributed by atoms with Crippen molar-refractivity contribution in [2.75, 3.05) is 20.2 Å². The number of aromatic nitrogens is 1. The molecule has 5 rings (SSSR count). The van der Waals surface area contributed by atoms with Crippen LogP contribution < -0.4 is 15.4 Å². The summed E-state index contributed by atoms with van der Waals surface area (Å²) in [5.74, 6) is 0.601. The Morgan fingerprint density at radius 3 is 2.59 bits per heavy atom. The molecule has 1 saturated heterocycles. The number of hydrogen-bond donors (Lipinski definition) is 2. The van der Waals surface area contributed by atoms with Crippen molar-refractivity contribution < 1.29 is 9.53 Å². The Hall–Kier alpha value is -3.18. The van der Waals surface area contributed by atoms with Crippen LogP contribution in [0.15, 0.2) is 55.2 Å². The van der Waals surface area contributed by atoms with E-state index in [9.17, 15) is 4.79 Å². The third kappa shape index (κ3) is 4.68. The molecule has 2 heterocycles. The van der Waals surface area contributed by atoms with Crippen LogP contribution in [0.4, 0.5) is 0 Å². The summed E-state index contributed by atoms with van der Waals surface area (Å²) in [4.78, 5) is 17.5. The minimum atomic E-state index is -0.354. The number of carbonyl (C=O) groups is 1. The number of ether oxygens (including phenoxy) is 1. The van der Waals surface area contributed by atoms with Crippen molar-refractivity contribution in [3.63, 3.8) is 0 Å². The Balaban J connectivity index is 0.000000433. The maximum atomic E-state index is 13.1. The van der Waals surface area contributed by atoms with Gasteiger partial charge in [0.15, 0.2) is 0 Å². The van der Waals surface area contributed by atoms with Crippen LogP contribution in [0.3, 0.4) is 0 Å². The average molecular weight is 430 g/mol. The van der Waals surface area contributed by atoms with Gasteiger partial charge in [-0.25, -0.2) is 0 Å². The lowest BCUT2D eigenvalue weighted by Gasteiger charge is -2.21. The standard InChI is InChI=1S/C23H22N2O2.C4H9N/c1-4-16-12-20(18-6-5-11-24-21(18)13-16)23(9-10-23)25-22(26)19-14-17(27-3)8-7-15(19)2;1-2-4-5-3-1/h4-8,11-14H,1,9-10H2,2-3H3,(H,25,26);5H,1-4H2. The maximum absolute atomic E-state index is 13.1. The summed E-state index contributed by atoms with van der Waals surface area (Å²) in [7, 11) is 1.61. The number of pyridine rings is 1. The number of nitrogens with one attached hydrogen (secondary N) is 2. The summed E-state index contributed by atoms with van der Waals surface area (Å²) >= 11 is 0. The summed E-state index contributed by atoms with van der Waals surface area (Å²) in [6.45, 7) is 8.33. The Morgan fingerprint density at radius 1 is 1.19 bits per heavy atom. The molecule has 0 atom stereocenters. The highest BCUT2D eigenvalue weighted by Gasteiger charge is 2.47. The number of aryl methyl sites for hydroxylation is 1. The van der Waals surface area contributed by atoms with Crippen molar-refractivity contribution in [1.82, 2.24) is 15.6 Å². The SMILES string of the molecule is C1CCNC1.C=Cc1cc(C2(NC(=O)c3cc(OC)ccc3C)CC2)c2cccnc2c1. The first-order chi connectivity index (χ1) is 15.6. The predicted octanol–water partition coefficient (Wildman–Crippen LogP) is 4.98. The normalized spacial score (nSPS) is 16.1. The lowest BCUT2D eigenvalue weighted by Crippen LogP contribution is -2.35. The van der Waals surface area contributed by atoms with Gasteiger partial charge in [-0.2, -0.15) is 0 Å². The van der Waals surface area contributed by atoms with E-state index < -0.39 is 0 Å².